The number of fused-ring (bicyclic) bond motifs is 1. The summed E-state index contributed by atoms with van der Waals surface area (Å²) in [6.45, 7) is 0. The summed E-state index contributed by atoms with van der Waals surface area (Å²) in [5.41, 5.74) is 3.56. The Hall–Kier alpha value is -3.35. The van der Waals surface area contributed by atoms with Crippen LogP contribution < -0.4 is 0 Å². The lowest BCUT2D eigenvalue weighted by Gasteiger charge is -2.48. The molecule has 0 radical (unpaired) electrons. The van der Waals surface area contributed by atoms with Gasteiger partial charge in [-0.15, -0.1) is 23.4 Å². The van der Waals surface area contributed by atoms with Crippen LogP contribution in [0, 0.1) is 0 Å². The number of amides is 1. The zero-order chi connectivity index (χ0) is 24.2. The number of hydrogen-bond donors (Lipinski definition) is 0. The van der Waals surface area contributed by atoms with Crippen molar-refractivity contribution in [3.8, 4) is 0 Å². The number of aliphatic imine (C=N–C) groups is 1. The fraction of sp³-hybridized carbons (Fsp3) is 0.179. The summed E-state index contributed by atoms with van der Waals surface area (Å²) in [5.74, 6) is -0.0868. The van der Waals surface area contributed by atoms with Crippen molar-refractivity contribution in [3.63, 3.8) is 0 Å². The first kappa shape index (κ1) is 23.4. The fourth-order valence-corrected chi connectivity index (χ4v) is 5.88. The minimum atomic E-state index is -0.606. The summed E-state index contributed by atoms with van der Waals surface area (Å²) in [7, 11) is 0. The Labute approximate surface area is 213 Å². The molecular formula is C28H23ClN2O3S. The van der Waals surface area contributed by atoms with E-state index in [1.807, 2.05) is 91.0 Å². The normalized spacial score (nSPS) is 19.6. The Morgan fingerprint density at radius 2 is 1.57 bits per heavy atom. The van der Waals surface area contributed by atoms with Gasteiger partial charge in [-0.25, -0.2) is 4.79 Å². The third-order valence-corrected chi connectivity index (χ3v) is 7.64. The molecule has 5 rings (SSSR count). The van der Waals surface area contributed by atoms with E-state index in [9.17, 15) is 9.59 Å². The molecule has 0 aliphatic carbocycles. The Kier molecular flexibility index (Phi) is 7.02. The van der Waals surface area contributed by atoms with E-state index >= 15 is 0 Å². The van der Waals surface area contributed by atoms with Gasteiger partial charge < -0.3 is 4.74 Å². The molecule has 3 aromatic carbocycles. The number of rotatable bonds is 7. The SMILES string of the molecule is O=C(OC(c1ccccc1)c1ccccc1)C1=C(CCl)CS[C@@H]2[C@H](N=Cc3ccccc3)C(=O)N12. The molecule has 7 heteroatoms. The molecule has 35 heavy (non-hydrogen) atoms. The van der Waals surface area contributed by atoms with E-state index in [2.05, 4.69) is 4.99 Å². The number of esters is 1. The summed E-state index contributed by atoms with van der Waals surface area (Å²) in [6.07, 6.45) is 1.10. The van der Waals surface area contributed by atoms with E-state index in [-0.39, 0.29) is 22.9 Å². The number of alkyl halides is 1. The minimum absolute atomic E-state index is 0.146. The number of halogens is 1. The predicted molar refractivity (Wildman–Crippen MR) is 139 cm³/mol. The second kappa shape index (κ2) is 10.5. The summed E-state index contributed by atoms with van der Waals surface area (Å²) < 4.78 is 6.06. The fourth-order valence-electron chi connectivity index (χ4n) is 4.21. The first-order chi connectivity index (χ1) is 17.2. The second-order valence-electron chi connectivity index (χ2n) is 8.24. The third kappa shape index (κ3) is 4.77. The van der Waals surface area contributed by atoms with Gasteiger partial charge in [0.05, 0.1) is 0 Å². The van der Waals surface area contributed by atoms with Crippen molar-refractivity contribution in [2.24, 2.45) is 4.99 Å². The average molecular weight is 503 g/mol. The Bertz CT molecular complexity index is 1230. The van der Waals surface area contributed by atoms with E-state index in [4.69, 9.17) is 16.3 Å². The van der Waals surface area contributed by atoms with Crippen molar-refractivity contribution >= 4 is 41.5 Å². The number of carbonyl (C=O) groups excluding carboxylic acids is 2. The van der Waals surface area contributed by atoms with Gasteiger partial charge in [0, 0.05) is 17.8 Å². The number of β-lactam (4-membered cyclic amide) rings is 1. The Morgan fingerprint density at radius 3 is 2.14 bits per heavy atom. The third-order valence-electron chi connectivity index (χ3n) is 5.99. The molecule has 0 aromatic heterocycles. The standard InChI is InChI=1S/C28H23ClN2O3S/c29-16-22-18-35-27-23(30-17-19-10-4-1-5-11-19)26(32)31(27)24(22)28(33)34-25(20-12-6-2-7-13-20)21-14-8-3-9-15-21/h1-15,17,23,25,27H,16,18H2/t23-,27-/m1/s1. The summed E-state index contributed by atoms with van der Waals surface area (Å²) in [6, 6.07) is 28.2. The first-order valence-electron chi connectivity index (χ1n) is 11.3. The largest absolute Gasteiger partial charge is 0.448 e. The molecule has 176 valence electrons. The summed E-state index contributed by atoms with van der Waals surface area (Å²) in [4.78, 5) is 32.7. The van der Waals surface area contributed by atoms with Gasteiger partial charge in [0.15, 0.2) is 12.1 Å². The number of ether oxygens (including phenoxy) is 1. The number of carbonyl (C=O) groups is 2. The van der Waals surface area contributed by atoms with Crippen LogP contribution in [0.1, 0.15) is 22.8 Å². The van der Waals surface area contributed by atoms with Crippen LogP contribution in [0.25, 0.3) is 0 Å². The van der Waals surface area contributed by atoms with Gasteiger partial charge in [-0.1, -0.05) is 91.0 Å². The van der Waals surface area contributed by atoms with Crippen LogP contribution in [0.15, 0.2) is 107 Å². The molecule has 2 aliphatic heterocycles. The van der Waals surface area contributed by atoms with Gasteiger partial charge in [0.25, 0.3) is 5.91 Å². The van der Waals surface area contributed by atoms with Crippen molar-refractivity contribution in [2.75, 3.05) is 11.6 Å². The summed E-state index contributed by atoms with van der Waals surface area (Å²) >= 11 is 7.77. The topological polar surface area (TPSA) is 59.0 Å². The van der Waals surface area contributed by atoms with Crippen LogP contribution in [-0.4, -0.2) is 46.0 Å². The van der Waals surface area contributed by atoms with Crippen LogP contribution in [0.4, 0.5) is 0 Å². The van der Waals surface area contributed by atoms with Crippen LogP contribution in [-0.2, 0) is 14.3 Å². The molecule has 3 aromatic rings. The first-order valence-corrected chi connectivity index (χ1v) is 12.9. The number of thioether (sulfide) groups is 1. The van der Waals surface area contributed by atoms with Gasteiger partial charge >= 0.3 is 5.97 Å². The lowest BCUT2D eigenvalue weighted by molar-refractivity contribution is -0.153. The summed E-state index contributed by atoms with van der Waals surface area (Å²) in [5, 5.41) is -0.260. The van der Waals surface area contributed by atoms with E-state index in [1.165, 1.54) is 4.90 Å². The maximum Gasteiger partial charge on any atom is 0.356 e. The molecule has 1 amide bonds. The van der Waals surface area contributed by atoms with Gasteiger partial charge in [-0.3, -0.25) is 14.7 Å². The van der Waals surface area contributed by atoms with E-state index < -0.39 is 18.1 Å². The van der Waals surface area contributed by atoms with Crippen molar-refractivity contribution in [1.82, 2.24) is 4.90 Å². The molecule has 2 aliphatic rings. The van der Waals surface area contributed by atoms with Crippen LogP contribution >= 0.6 is 23.4 Å². The number of benzene rings is 3. The highest BCUT2D eigenvalue weighted by atomic mass is 35.5. The Morgan fingerprint density at radius 1 is 1.00 bits per heavy atom. The Balaban J connectivity index is 1.40. The molecule has 2 heterocycles. The highest BCUT2D eigenvalue weighted by molar-refractivity contribution is 8.00. The molecule has 0 unspecified atom stereocenters. The van der Waals surface area contributed by atoms with E-state index in [1.54, 1.807) is 18.0 Å². The molecule has 0 N–H and O–H groups in total. The quantitative estimate of drug-likeness (QED) is 0.192. The molecule has 5 nitrogen and oxygen atoms in total. The molecule has 1 fully saturated rings. The monoisotopic (exact) mass is 502 g/mol. The van der Waals surface area contributed by atoms with Gasteiger partial charge in [0.2, 0.25) is 0 Å². The molecule has 1 saturated heterocycles. The van der Waals surface area contributed by atoms with Crippen LogP contribution in [0.2, 0.25) is 0 Å². The lowest BCUT2D eigenvalue weighted by atomic mass is 10.0. The van der Waals surface area contributed by atoms with Crippen LogP contribution in [0.5, 0.6) is 0 Å². The highest BCUT2D eigenvalue weighted by Crippen LogP contribution is 2.43. The van der Waals surface area contributed by atoms with Gasteiger partial charge in [-0.05, 0) is 22.3 Å². The molecular weight excluding hydrogens is 480 g/mol. The second-order valence-corrected chi connectivity index (χ2v) is 9.61. The van der Waals surface area contributed by atoms with E-state index in [0.29, 0.717) is 11.3 Å². The number of hydrogen-bond acceptors (Lipinski definition) is 5. The van der Waals surface area contributed by atoms with Gasteiger partial charge in [0.1, 0.15) is 11.1 Å². The maximum atomic E-state index is 13.6. The maximum absolute atomic E-state index is 13.6. The zero-order valence-electron chi connectivity index (χ0n) is 18.8. The number of nitrogens with zero attached hydrogens (tertiary/aromatic N) is 2. The average Bonchev–Trinajstić information content (AvgIpc) is 2.92. The van der Waals surface area contributed by atoms with E-state index in [0.717, 1.165) is 16.7 Å². The molecule has 2 atom stereocenters. The van der Waals surface area contributed by atoms with Crippen molar-refractivity contribution in [3.05, 3.63) is 119 Å². The molecule has 0 bridgehead atoms. The smallest absolute Gasteiger partial charge is 0.356 e. The zero-order valence-corrected chi connectivity index (χ0v) is 20.4. The molecule has 0 saturated carbocycles. The van der Waals surface area contributed by atoms with Crippen molar-refractivity contribution in [2.45, 2.75) is 17.5 Å². The molecule has 0 spiro atoms. The highest BCUT2D eigenvalue weighted by Gasteiger charge is 2.53. The van der Waals surface area contributed by atoms with Crippen molar-refractivity contribution in [1.29, 1.82) is 0 Å². The van der Waals surface area contributed by atoms with Crippen LogP contribution in [0.3, 0.4) is 0 Å². The van der Waals surface area contributed by atoms with Gasteiger partial charge in [-0.2, -0.15) is 0 Å². The van der Waals surface area contributed by atoms with Crippen molar-refractivity contribution < 1.29 is 14.3 Å². The lowest BCUT2D eigenvalue weighted by Crippen LogP contribution is -2.64. The predicted octanol–water partition coefficient (Wildman–Crippen LogP) is 5.21. The minimum Gasteiger partial charge on any atom is -0.448 e.